The van der Waals surface area contributed by atoms with Crippen molar-refractivity contribution in [3.05, 3.63) is 65.5 Å². The van der Waals surface area contributed by atoms with E-state index in [1.54, 1.807) is 23.0 Å². The highest BCUT2D eigenvalue weighted by Crippen LogP contribution is 2.36. The van der Waals surface area contributed by atoms with Crippen LogP contribution in [0.15, 0.2) is 42.7 Å². The molecule has 1 unspecified atom stereocenters. The number of benzene rings is 1. The minimum absolute atomic E-state index is 0.204. The molecule has 162 valence electrons. The lowest BCUT2D eigenvalue weighted by Gasteiger charge is -2.26. The highest BCUT2D eigenvalue weighted by atomic mass is 19.1. The van der Waals surface area contributed by atoms with Gasteiger partial charge in [-0.1, -0.05) is 0 Å². The first-order valence-corrected chi connectivity index (χ1v) is 10.3. The van der Waals surface area contributed by atoms with Crippen LogP contribution in [0.3, 0.4) is 0 Å². The molecule has 31 heavy (non-hydrogen) atoms. The predicted octanol–water partition coefficient (Wildman–Crippen LogP) is 4.28. The number of rotatable bonds is 4. The molecule has 0 aliphatic carbocycles. The van der Waals surface area contributed by atoms with Crippen LogP contribution < -0.4 is 10.2 Å². The van der Waals surface area contributed by atoms with Gasteiger partial charge < -0.3 is 10.2 Å². The topological polar surface area (TPSA) is 62.5 Å². The van der Waals surface area contributed by atoms with E-state index in [9.17, 15) is 13.6 Å². The van der Waals surface area contributed by atoms with E-state index in [-0.39, 0.29) is 17.5 Å². The number of nitrogens with zero attached hydrogens (tertiary/aromatic N) is 4. The second-order valence-corrected chi connectivity index (χ2v) is 8.74. The number of carbonyl (C=O) groups excluding carboxylic acids is 1. The molecular weight excluding hydrogens is 400 g/mol. The molecular formula is C23H25F2N5O. The Morgan fingerprint density at radius 3 is 2.84 bits per heavy atom. The molecule has 0 saturated carbocycles. The van der Waals surface area contributed by atoms with Gasteiger partial charge in [-0.15, -0.1) is 0 Å². The minimum Gasteiger partial charge on any atom is -0.349 e. The second kappa shape index (κ2) is 8.09. The zero-order valence-electron chi connectivity index (χ0n) is 17.8. The van der Waals surface area contributed by atoms with Gasteiger partial charge in [-0.3, -0.25) is 4.79 Å². The van der Waals surface area contributed by atoms with Crippen molar-refractivity contribution in [3.8, 4) is 0 Å². The Balaban J connectivity index is 1.64. The molecule has 0 radical (unpaired) electrons. The van der Waals surface area contributed by atoms with E-state index in [2.05, 4.69) is 10.4 Å². The van der Waals surface area contributed by atoms with E-state index >= 15 is 0 Å². The molecule has 1 atom stereocenters. The SMILES string of the molecule is CC(C)(C)NC(=O)C=Cc1cnn2ccc(N3CCCC3c3cc(F)ccc3F)nc12. The lowest BCUT2D eigenvalue weighted by atomic mass is 10.0. The van der Waals surface area contributed by atoms with Gasteiger partial charge in [-0.2, -0.15) is 5.10 Å². The molecule has 0 spiro atoms. The van der Waals surface area contributed by atoms with Crippen LogP contribution in [0, 0.1) is 11.6 Å². The quantitative estimate of drug-likeness (QED) is 0.634. The standard InChI is InChI=1S/C23H25F2N5O/c1-23(2,3)28-21(31)9-6-15-14-26-30-12-10-20(27-22(15)30)29-11-4-5-19(29)17-13-16(24)7-8-18(17)25/h6-10,12-14,19H,4-5,11H2,1-3H3,(H,28,31). The number of nitrogens with one attached hydrogen (secondary N) is 1. The summed E-state index contributed by atoms with van der Waals surface area (Å²) in [6.45, 7) is 6.43. The smallest absolute Gasteiger partial charge is 0.244 e. The molecule has 1 aliphatic rings. The van der Waals surface area contributed by atoms with Crippen LogP contribution in [0.4, 0.5) is 14.6 Å². The average Bonchev–Trinajstić information content (AvgIpc) is 3.33. The maximum Gasteiger partial charge on any atom is 0.244 e. The molecule has 0 bridgehead atoms. The van der Waals surface area contributed by atoms with Gasteiger partial charge in [0, 0.05) is 35.5 Å². The summed E-state index contributed by atoms with van der Waals surface area (Å²) in [5.41, 5.74) is 1.29. The van der Waals surface area contributed by atoms with E-state index in [0.717, 1.165) is 12.5 Å². The highest BCUT2D eigenvalue weighted by molar-refractivity contribution is 5.93. The van der Waals surface area contributed by atoms with Crippen LogP contribution in [-0.4, -0.2) is 32.6 Å². The van der Waals surface area contributed by atoms with Crippen molar-refractivity contribution in [1.82, 2.24) is 19.9 Å². The summed E-state index contributed by atoms with van der Waals surface area (Å²) in [6.07, 6.45) is 8.12. The van der Waals surface area contributed by atoms with E-state index < -0.39 is 11.6 Å². The van der Waals surface area contributed by atoms with Gasteiger partial charge >= 0.3 is 0 Å². The van der Waals surface area contributed by atoms with Crippen molar-refractivity contribution in [3.63, 3.8) is 0 Å². The van der Waals surface area contributed by atoms with Crippen molar-refractivity contribution in [2.45, 2.75) is 45.2 Å². The van der Waals surface area contributed by atoms with E-state index in [0.29, 0.717) is 35.6 Å². The fraction of sp³-hybridized carbons (Fsp3) is 0.348. The number of hydrogen-bond donors (Lipinski definition) is 1. The number of amides is 1. The van der Waals surface area contributed by atoms with E-state index in [1.165, 1.54) is 18.2 Å². The number of halogens is 2. The Morgan fingerprint density at radius 2 is 2.06 bits per heavy atom. The Kier molecular flexibility index (Phi) is 5.47. The van der Waals surface area contributed by atoms with Gasteiger partial charge in [0.15, 0.2) is 5.65 Å². The normalized spacial score (nSPS) is 17.1. The van der Waals surface area contributed by atoms with Crippen molar-refractivity contribution < 1.29 is 13.6 Å². The van der Waals surface area contributed by atoms with Crippen LogP contribution >= 0.6 is 0 Å². The Bertz CT molecular complexity index is 1150. The van der Waals surface area contributed by atoms with Gasteiger partial charge in [0.25, 0.3) is 0 Å². The van der Waals surface area contributed by atoms with Gasteiger partial charge in [-0.25, -0.2) is 18.3 Å². The summed E-state index contributed by atoms with van der Waals surface area (Å²) < 4.78 is 29.8. The third-order valence-corrected chi connectivity index (χ3v) is 5.16. The largest absolute Gasteiger partial charge is 0.349 e. The molecule has 2 aromatic heterocycles. The molecule has 1 amide bonds. The molecule has 4 rings (SSSR count). The number of carbonyl (C=O) groups is 1. The van der Waals surface area contributed by atoms with Gasteiger partial charge in [0.05, 0.1) is 12.2 Å². The average molecular weight is 425 g/mol. The molecule has 3 heterocycles. The monoisotopic (exact) mass is 425 g/mol. The summed E-state index contributed by atoms with van der Waals surface area (Å²) in [6, 6.07) is 5.08. The maximum absolute atomic E-state index is 14.4. The number of fused-ring (bicyclic) bond motifs is 1. The molecule has 6 nitrogen and oxygen atoms in total. The molecule has 1 aromatic carbocycles. The van der Waals surface area contributed by atoms with Gasteiger partial charge in [0.2, 0.25) is 5.91 Å². The van der Waals surface area contributed by atoms with Crippen LogP contribution in [0.2, 0.25) is 0 Å². The fourth-order valence-electron chi connectivity index (χ4n) is 3.87. The van der Waals surface area contributed by atoms with Crippen LogP contribution in [0.5, 0.6) is 0 Å². The zero-order valence-corrected chi connectivity index (χ0v) is 17.8. The summed E-state index contributed by atoms with van der Waals surface area (Å²) >= 11 is 0. The summed E-state index contributed by atoms with van der Waals surface area (Å²) in [5, 5.41) is 7.16. The van der Waals surface area contributed by atoms with E-state index in [4.69, 9.17) is 4.98 Å². The highest BCUT2D eigenvalue weighted by Gasteiger charge is 2.30. The first kappa shape index (κ1) is 21.0. The third-order valence-electron chi connectivity index (χ3n) is 5.16. The molecule has 1 saturated heterocycles. The van der Waals surface area contributed by atoms with Crippen molar-refractivity contribution >= 4 is 23.4 Å². The zero-order chi connectivity index (χ0) is 22.2. The van der Waals surface area contributed by atoms with Crippen molar-refractivity contribution in [1.29, 1.82) is 0 Å². The Labute approximate surface area is 179 Å². The molecule has 8 heteroatoms. The predicted molar refractivity (Wildman–Crippen MR) is 116 cm³/mol. The third kappa shape index (κ3) is 4.57. The fourth-order valence-corrected chi connectivity index (χ4v) is 3.87. The Hall–Kier alpha value is -3.29. The van der Waals surface area contributed by atoms with Crippen LogP contribution in [0.25, 0.3) is 11.7 Å². The minimum atomic E-state index is -0.455. The van der Waals surface area contributed by atoms with Gasteiger partial charge in [0.1, 0.15) is 17.5 Å². The molecule has 3 aromatic rings. The maximum atomic E-state index is 14.4. The number of anilines is 1. The molecule has 1 N–H and O–H groups in total. The lowest BCUT2D eigenvalue weighted by molar-refractivity contribution is -0.117. The Morgan fingerprint density at radius 1 is 1.26 bits per heavy atom. The number of hydrogen-bond acceptors (Lipinski definition) is 4. The molecule has 1 aliphatic heterocycles. The number of aromatic nitrogens is 3. The lowest BCUT2D eigenvalue weighted by Crippen LogP contribution is -2.39. The molecule has 1 fully saturated rings. The second-order valence-electron chi connectivity index (χ2n) is 8.74. The van der Waals surface area contributed by atoms with Crippen LogP contribution in [0.1, 0.15) is 50.8 Å². The van der Waals surface area contributed by atoms with E-state index in [1.807, 2.05) is 31.7 Å². The van der Waals surface area contributed by atoms with Crippen molar-refractivity contribution in [2.24, 2.45) is 0 Å². The summed E-state index contributed by atoms with van der Waals surface area (Å²) in [5.74, 6) is -0.419. The summed E-state index contributed by atoms with van der Waals surface area (Å²) in [7, 11) is 0. The van der Waals surface area contributed by atoms with Crippen LogP contribution in [-0.2, 0) is 4.79 Å². The summed E-state index contributed by atoms with van der Waals surface area (Å²) in [4.78, 5) is 18.8. The first-order chi connectivity index (χ1) is 14.7. The first-order valence-electron chi connectivity index (χ1n) is 10.3. The van der Waals surface area contributed by atoms with Gasteiger partial charge in [-0.05, 0) is 64.0 Å². The van der Waals surface area contributed by atoms with Crippen molar-refractivity contribution in [2.75, 3.05) is 11.4 Å².